The number of ether oxygens (including phenoxy) is 2. The zero-order chi connectivity index (χ0) is 19.3. The number of likely N-dealkylation sites (N-methyl/N-ethyl adjacent to an activating group) is 2. The van der Waals surface area contributed by atoms with Crippen LogP contribution < -0.4 is 9.47 Å². The summed E-state index contributed by atoms with van der Waals surface area (Å²) in [5.74, 6) is -0.614. The van der Waals surface area contributed by atoms with Crippen molar-refractivity contribution in [1.82, 2.24) is 9.80 Å². The molecule has 2 rings (SSSR count). The highest BCUT2D eigenvalue weighted by atomic mass is 16.7. The summed E-state index contributed by atoms with van der Waals surface area (Å²) in [7, 11) is 1.43. The van der Waals surface area contributed by atoms with Crippen molar-refractivity contribution >= 4 is 17.8 Å². The smallest absolute Gasteiger partial charge is 0.312 e. The van der Waals surface area contributed by atoms with Crippen molar-refractivity contribution < 1.29 is 29.0 Å². The van der Waals surface area contributed by atoms with Gasteiger partial charge in [0.1, 0.15) is 6.42 Å². The third-order valence-electron chi connectivity index (χ3n) is 4.26. The van der Waals surface area contributed by atoms with Crippen LogP contribution in [0.1, 0.15) is 25.8 Å². The van der Waals surface area contributed by atoms with Gasteiger partial charge in [0.05, 0.1) is 6.54 Å². The van der Waals surface area contributed by atoms with Crippen molar-refractivity contribution in [3.8, 4) is 11.5 Å². The van der Waals surface area contributed by atoms with Gasteiger partial charge in [-0.1, -0.05) is 6.07 Å². The van der Waals surface area contributed by atoms with Gasteiger partial charge in [-0.05, 0) is 38.0 Å². The SMILES string of the molecule is CCN(C(=O)CN(C)C(=O)CC(=O)O)C(C)Cc1ccc2c(c1)OCO2. The van der Waals surface area contributed by atoms with E-state index in [-0.39, 0.29) is 25.3 Å². The minimum Gasteiger partial charge on any atom is -0.481 e. The molecule has 1 N–H and O–H groups in total. The van der Waals surface area contributed by atoms with E-state index in [1.165, 1.54) is 7.05 Å². The molecule has 26 heavy (non-hydrogen) atoms. The summed E-state index contributed by atoms with van der Waals surface area (Å²) in [5.41, 5.74) is 1.02. The summed E-state index contributed by atoms with van der Waals surface area (Å²) in [6.45, 7) is 4.36. The average Bonchev–Trinajstić information content (AvgIpc) is 3.02. The van der Waals surface area contributed by atoms with E-state index < -0.39 is 18.3 Å². The van der Waals surface area contributed by atoms with E-state index in [0.29, 0.717) is 24.5 Å². The number of fused-ring (bicyclic) bond motifs is 1. The molecule has 0 aliphatic carbocycles. The van der Waals surface area contributed by atoms with Gasteiger partial charge < -0.3 is 24.4 Å². The summed E-state index contributed by atoms with van der Waals surface area (Å²) in [4.78, 5) is 37.7. The molecule has 0 bridgehead atoms. The minimum atomic E-state index is -1.21. The van der Waals surface area contributed by atoms with Crippen LogP contribution in [0.5, 0.6) is 11.5 Å². The largest absolute Gasteiger partial charge is 0.481 e. The highest BCUT2D eigenvalue weighted by Crippen LogP contribution is 2.33. The third-order valence-corrected chi connectivity index (χ3v) is 4.26. The number of amides is 2. The summed E-state index contributed by atoms with van der Waals surface area (Å²) in [6.07, 6.45) is 0.00562. The van der Waals surface area contributed by atoms with Gasteiger partial charge >= 0.3 is 5.97 Å². The number of benzene rings is 1. The molecule has 0 spiro atoms. The van der Waals surface area contributed by atoms with Crippen molar-refractivity contribution in [2.24, 2.45) is 0 Å². The number of hydrogen-bond donors (Lipinski definition) is 1. The van der Waals surface area contributed by atoms with Crippen LogP contribution in [0, 0.1) is 0 Å². The lowest BCUT2D eigenvalue weighted by molar-refractivity contribution is -0.146. The molecule has 0 radical (unpaired) electrons. The lowest BCUT2D eigenvalue weighted by Gasteiger charge is -2.30. The minimum absolute atomic E-state index is 0.0872. The molecule has 1 atom stereocenters. The maximum atomic E-state index is 12.5. The molecule has 8 nitrogen and oxygen atoms in total. The lowest BCUT2D eigenvalue weighted by atomic mass is 10.0. The van der Waals surface area contributed by atoms with Gasteiger partial charge in [-0.15, -0.1) is 0 Å². The molecule has 0 fully saturated rings. The molecule has 0 aromatic heterocycles. The van der Waals surface area contributed by atoms with Crippen molar-refractivity contribution in [3.63, 3.8) is 0 Å². The third kappa shape index (κ3) is 4.87. The van der Waals surface area contributed by atoms with Crippen molar-refractivity contribution in [2.45, 2.75) is 32.7 Å². The first-order valence-electron chi connectivity index (χ1n) is 8.45. The fourth-order valence-electron chi connectivity index (χ4n) is 2.90. The van der Waals surface area contributed by atoms with Gasteiger partial charge in [0.2, 0.25) is 18.6 Å². The zero-order valence-electron chi connectivity index (χ0n) is 15.2. The Morgan fingerprint density at radius 3 is 2.54 bits per heavy atom. The Labute approximate surface area is 152 Å². The molecule has 2 amide bonds. The molecular formula is C18H24N2O6. The van der Waals surface area contributed by atoms with E-state index >= 15 is 0 Å². The van der Waals surface area contributed by atoms with Crippen LogP contribution >= 0.6 is 0 Å². The average molecular weight is 364 g/mol. The first-order valence-corrected chi connectivity index (χ1v) is 8.45. The fraction of sp³-hybridized carbons (Fsp3) is 0.500. The quantitative estimate of drug-likeness (QED) is 0.695. The number of nitrogens with zero attached hydrogens (tertiary/aromatic N) is 2. The molecule has 0 saturated heterocycles. The zero-order valence-corrected chi connectivity index (χ0v) is 15.2. The van der Waals surface area contributed by atoms with Gasteiger partial charge in [-0.2, -0.15) is 0 Å². The normalized spacial score (nSPS) is 13.2. The first kappa shape index (κ1) is 19.6. The number of carbonyl (C=O) groups is 3. The number of hydrogen-bond acceptors (Lipinski definition) is 5. The van der Waals surface area contributed by atoms with E-state index in [1.807, 2.05) is 32.0 Å². The summed E-state index contributed by atoms with van der Waals surface area (Å²) in [5, 5.41) is 8.68. The van der Waals surface area contributed by atoms with Crippen LogP contribution in [0.2, 0.25) is 0 Å². The van der Waals surface area contributed by atoms with E-state index in [0.717, 1.165) is 10.5 Å². The van der Waals surface area contributed by atoms with Crippen molar-refractivity contribution in [3.05, 3.63) is 23.8 Å². The Bertz CT molecular complexity index is 690. The van der Waals surface area contributed by atoms with Gasteiger partial charge in [0.25, 0.3) is 0 Å². The summed E-state index contributed by atoms with van der Waals surface area (Å²) < 4.78 is 10.7. The molecule has 1 aromatic carbocycles. The van der Waals surface area contributed by atoms with Crippen LogP contribution in [0.3, 0.4) is 0 Å². The molecule has 1 heterocycles. The van der Waals surface area contributed by atoms with Gasteiger partial charge in [-0.3, -0.25) is 14.4 Å². The highest BCUT2D eigenvalue weighted by molar-refractivity contribution is 5.95. The van der Waals surface area contributed by atoms with E-state index in [4.69, 9.17) is 14.6 Å². The molecule has 1 aliphatic rings. The van der Waals surface area contributed by atoms with E-state index in [9.17, 15) is 14.4 Å². The van der Waals surface area contributed by atoms with Crippen LogP contribution in [0.15, 0.2) is 18.2 Å². The second-order valence-electron chi connectivity index (χ2n) is 6.24. The molecule has 1 aliphatic heterocycles. The number of carbonyl (C=O) groups excluding carboxylic acids is 2. The molecule has 1 unspecified atom stereocenters. The van der Waals surface area contributed by atoms with Crippen molar-refractivity contribution in [1.29, 1.82) is 0 Å². The second-order valence-corrected chi connectivity index (χ2v) is 6.24. The summed E-state index contributed by atoms with van der Waals surface area (Å²) in [6, 6.07) is 5.60. The first-order chi connectivity index (χ1) is 12.3. The standard InChI is InChI=1S/C18H24N2O6/c1-4-20(17(22)10-19(3)16(21)9-18(23)24)12(2)7-13-5-6-14-15(8-13)26-11-25-14/h5-6,8,12H,4,7,9-11H2,1-3H3,(H,23,24). The highest BCUT2D eigenvalue weighted by Gasteiger charge is 2.23. The maximum Gasteiger partial charge on any atom is 0.312 e. The van der Waals surface area contributed by atoms with Crippen LogP contribution in [-0.4, -0.2) is 65.7 Å². The topological polar surface area (TPSA) is 96.4 Å². The van der Waals surface area contributed by atoms with E-state index in [1.54, 1.807) is 4.90 Å². The lowest BCUT2D eigenvalue weighted by Crippen LogP contribution is -2.46. The number of aliphatic carboxylic acids is 1. The number of rotatable bonds is 8. The Balaban J connectivity index is 1.96. The Morgan fingerprint density at radius 2 is 1.88 bits per heavy atom. The number of carboxylic acid groups (broad SMARTS) is 1. The summed E-state index contributed by atoms with van der Waals surface area (Å²) >= 11 is 0. The Hall–Kier alpha value is -2.77. The number of carboxylic acids is 1. The monoisotopic (exact) mass is 364 g/mol. The Kier molecular flexibility index (Phi) is 6.43. The van der Waals surface area contributed by atoms with Crippen molar-refractivity contribution in [2.75, 3.05) is 26.9 Å². The maximum absolute atomic E-state index is 12.5. The molecule has 142 valence electrons. The predicted octanol–water partition coefficient (Wildman–Crippen LogP) is 1.13. The second kappa shape index (κ2) is 8.55. The fourth-order valence-corrected chi connectivity index (χ4v) is 2.90. The van der Waals surface area contributed by atoms with Crippen LogP contribution in [0.25, 0.3) is 0 Å². The van der Waals surface area contributed by atoms with Gasteiger partial charge in [-0.25, -0.2) is 0 Å². The van der Waals surface area contributed by atoms with Gasteiger partial charge in [0.15, 0.2) is 11.5 Å². The molecule has 1 aromatic rings. The molecule has 0 saturated carbocycles. The molecular weight excluding hydrogens is 340 g/mol. The Morgan fingerprint density at radius 1 is 1.19 bits per heavy atom. The molecule has 8 heteroatoms. The predicted molar refractivity (Wildman–Crippen MR) is 93.0 cm³/mol. The van der Waals surface area contributed by atoms with Crippen LogP contribution in [-0.2, 0) is 20.8 Å². The van der Waals surface area contributed by atoms with E-state index in [2.05, 4.69) is 0 Å². The van der Waals surface area contributed by atoms with Gasteiger partial charge in [0, 0.05) is 19.6 Å². The van der Waals surface area contributed by atoms with Crippen LogP contribution in [0.4, 0.5) is 0 Å².